The Balaban J connectivity index is 1.68. The smallest absolute Gasteiger partial charge is 0.0591 e. The Labute approximate surface area is 118 Å². The molecule has 1 unspecified atom stereocenters. The zero-order valence-corrected chi connectivity index (χ0v) is 12.6. The molecule has 1 fully saturated rings. The predicted molar refractivity (Wildman–Crippen MR) is 78.7 cm³/mol. The summed E-state index contributed by atoms with van der Waals surface area (Å²) in [4.78, 5) is 0. The number of halogens is 1. The molecule has 1 aliphatic rings. The average molecular weight is 312 g/mol. The molecule has 3 heteroatoms. The Hall–Kier alpha value is -0.380. The molecular weight excluding hydrogens is 290 g/mol. The highest BCUT2D eigenvalue weighted by atomic mass is 79.9. The maximum Gasteiger partial charge on any atom is 0.0591 e. The third-order valence-corrected chi connectivity index (χ3v) is 3.90. The summed E-state index contributed by atoms with van der Waals surface area (Å²) in [6, 6.07) is 8.99. The van der Waals surface area contributed by atoms with Crippen LogP contribution >= 0.6 is 15.9 Å². The quantitative estimate of drug-likeness (QED) is 0.735. The van der Waals surface area contributed by atoms with E-state index in [-0.39, 0.29) is 0 Å². The van der Waals surface area contributed by atoms with E-state index in [1.807, 2.05) is 0 Å². The van der Waals surface area contributed by atoms with Crippen LogP contribution in [0.3, 0.4) is 0 Å². The molecule has 0 amide bonds. The Morgan fingerprint density at radius 1 is 1.33 bits per heavy atom. The van der Waals surface area contributed by atoms with Gasteiger partial charge in [0.25, 0.3) is 0 Å². The van der Waals surface area contributed by atoms with Crippen molar-refractivity contribution in [2.75, 3.05) is 19.8 Å². The third-order valence-electron chi connectivity index (χ3n) is 3.37. The van der Waals surface area contributed by atoms with Crippen LogP contribution in [0.25, 0.3) is 0 Å². The SMILES string of the molecule is CCC(NCCOCC1CC1)c1ccc(Br)cc1. The maximum atomic E-state index is 5.64. The molecule has 1 atom stereocenters. The first kappa shape index (κ1) is 14.0. The predicted octanol–water partition coefficient (Wildman–Crippen LogP) is 3.92. The largest absolute Gasteiger partial charge is 0.380 e. The Kier molecular flexibility index (Phi) is 5.67. The van der Waals surface area contributed by atoms with Crippen LogP contribution in [-0.2, 0) is 4.74 Å². The summed E-state index contributed by atoms with van der Waals surface area (Å²) in [5.74, 6) is 0.860. The number of ether oxygens (including phenoxy) is 1. The van der Waals surface area contributed by atoms with Gasteiger partial charge < -0.3 is 10.1 Å². The molecule has 18 heavy (non-hydrogen) atoms. The van der Waals surface area contributed by atoms with Crippen molar-refractivity contribution in [1.29, 1.82) is 0 Å². The summed E-state index contributed by atoms with van der Waals surface area (Å²) in [5, 5.41) is 3.56. The lowest BCUT2D eigenvalue weighted by atomic mass is 10.1. The van der Waals surface area contributed by atoms with E-state index in [1.165, 1.54) is 18.4 Å². The highest BCUT2D eigenvalue weighted by Gasteiger charge is 2.20. The molecule has 0 heterocycles. The van der Waals surface area contributed by atoms with Gasteiger partial charge in [-0.25, -0.2) is 0 Å². The number of benzene rings is 1. The van der Waals surface area contributed by atoms with Gasteiger partial charge in [0.05, 0.1) is 6.61 Å². The lowest BCUT2D eigenvalue weighted by Gasteiger charge is -2.17. The first-order valence-electron chi connectivity index (χ1n) is 6.86. The monoisotopic (exact) mass is 311 g/mol. The van der Waals surface area contributed by atoms with Gasteiger partial charge in [-0.15, -0.1) is 0 Å². The molecule has 2 nitrogen and oxygen atoms in total. The Morgan fingerprint density at radius 3 is 2.67 bits per heavy atom. The second-order valence-corrected chi connectivity index (χ2v) is 5.90. The van der Waals surface area contributed by atoms with Gasteiger partial charge in [-0.1, -0.05) is 35.0 Å². The van der Waals surface area contributed by atoms with E-state index in [0.717, 1.165) is 36.6 Å². The Bertz CT molecular complexity index is 348. The standard InChI is InChI=1S/C15H22BrNO/c1-2-15(13-5-7-14(16)8-6-13)17-9-10-18-11-12-3-4-12/h5-8,12,15,17H,2-4,9-11H2,1H3. The van der Waals surface area contributed by atoms with Crippen molar-refractivity contribution in [3.05, 3.63) is 34.3 Å². The molecular formula is C15H22BrNO. The molecule has 0 bridgehead atoms. The van der Waals surface area contributed by atoms with Crippen LogP contribution in [-0.4, -0.2) is 19.8 Å². The molecule has 0 saturated heterocycles. The minimum Gasteiger partial charge on any atom is -0.380 e. The molecule has 0 aliphatic heterocycles. The molecule has 1 saturated carbocycles. The highest BCUT2D eigenvalue weighted by molar-refractivity contribution is 9.10. The van der Waals surface area contributed by atoms with Gasteiger partial charge in [-0.05, 0) is 42.9 Å². The van der Waals surface area contributed by atoms with Gasteiger partial charge in [0, 0.05) is 23.7 Å². The van der Waals surface area contributed by atoms with Crippen molar-refractivity contribution in [3.63, 3.8) is 0 Å². The average Bonchev–Trinajstić information content (AvgIpc) is 3.19. The second-order valence-electron chi connectivity index (χ2n) is 4.98. The van der Waals surface area contributed by atoms with Crippen LogP contribution in [0.1, 0.15) is 37.8 Å². The minimum atomic E-state index is 0.433. The molecule has 1 aliphatic carbocycles. The lowest BCUT2D eigenvalue weighted by molar-refractivity contribution is 0.124. The van der Waals surface area contributed by atoms with Crippen LogP contribution in [0.5, 0.6) is 0 Å². The lowest BCUT2D eigenvalue weighted by Crippen LogP contribution is -2.25. The normalized spacial score (nSPS) is 16.8. The summed E-state index contributed by atoms with van der Waals surface area (Å²) in [6.45, 7) is 4.92. The molecule has 2 rings (SSSR count). The van der Waals surface area contributed by atoms with Crippen molar-refractivity contribution in [1.82, 2.24) is 5.32 Å². The molecule has 1 N–H and O–H groups in total. The first-order valence-corrected chi connectivity index (χ1v) is 7.65. The number of nitrogens with one attached hydrogen (secondary N) is 1. The van der Waals surface area contributed by atoms with E-state index in [9.17, 15) is 0 Å². The number of hydrogen-bond acceptors (Lipinski definition) is 2. The fraction of sp³-hybridized carbons (Fsp3) is 0.600. The topological polar surface area (TPSA) is 21.3 Å². The van der Waals surface area contributed by atoms with Crippen molar-refractivity contribution < 1.29 is 4.74 Å². The van der Waals surface area contributed by atoms with Gasteiger partial charge in [0.15, 0.2) is 0 Å². The van der Waals surface area contributed by atoms with Crippen LogP contribution in [0, 0.1) is 5.92 Å². The summed E-state index contributed by atoms with van der Waals surface area (Å²) >= 11 is 3.47. The van der Waals surface area contributed by atoms with E-state index in [1.54, 1.807) is 0 Å². The van der Waals surface area contributed by atoms with Crippen molar-refractivity contribution >= 4 is 15.9 Å². The second kappa shape index (κ2) is 7.27. The summed E-state index contributed by atoms with van der Waals surface area (Å²) in [5.41, 5.74) is 1.35. The van der Waals surface area contributed by atoms with Crippen LogP contribution in [0.4, 0.5) is 0 Å². The summed E-state index contributed by atoms with van der Waals surface area (Å²) < 4.78 is 6.77. The van der Waals surface area contributed by atoms with E-state index >= 15 is 0 Å². The minimum absolute atomic E-state index is 0.433. The van der Waals surface area contributed by atoms with E-state index < -0.39 is 0 Å². The van der Waals surface area contributed by atoms with E-state index in [4.69, 9.17) is 4.74 Å². The number of hydrogen-bond donors (Lipinski definition) is 1. The van der Waals surface area contributed by atoms with Crippen molar-refractivity contribution in [2.45, 2.75) is 32.2 Å². The molecule has 0 spiro atoms. The van der Waals surface area contributed by atoms with E-state index in [2.05, 4.69) is 52.4 Å². The molecule has 0 aromatic heterocycles. The first-order chi connectivity index (χ1) is 8.79. The van der Waals surface area contributed by atoms with Crippen molar-refractivity contribution in [3.8, 4) is 0 Å². The summed E-state index contributed by atoms with van der Waals surface area (Å²) in [6.07, 6.45) is 3.83. The van der Waals surface area contributed by atoms with Gasteiger partial charge in [0.1, 0.15) is 0 Å². The zero-order chi connectivity index (χ0) is 12.8. The van der Waals surface area contributed by atoms with Crippen LogP contribution in [0.2, 0.25) is 0 Å². The number of rotatable bonds is 8. The van der Waals surface area contributed by atoms with Gasteiger partial charge in [-0.3, -0.25) is 0 Å². The summed E-state index contributed by atoms with van der Waals surface area (Å²) in [7, 11) is 0. The zero-order valence-electron chi connectivity index (χ0n) is 11.0. The molecule has 1 aromatic carbocycles. The third kappa shape index (κ3) is 4.71. The van der Waals surface area contributed by atoms with Gasteiger partial charge in [0.2, 0.25) is 0 Å². The van der Waals surface area contributed by atoms with Crippen molar-refractivity contribution in [2.24, 2.45) is 5.92 Å². The Morgan fingerprint density at radius 2 is 2.06 bits per heavy atom. The van der Waals surface area contributed by atoms with Gasteiger partial charge in [-0.2, -0.15) is 0 Å². The molecule has 100 valence electrons. The van der Waals surface area contributed by atoms with E-state index in [0.29, 0.717) is 6.04 Å². The fourth-order valence-electron chi connectivity index (χ4n) is 2.03. The fourth-order valence-corrected chi connectivity index (χ4v) is 2.30. The van der Waals surface area contributed by atoms with Gasteiger partial charge >= 0.3 is 0 Å². The van der Waals surface area contributed by atoms with Crippen LogP contribution < -0.4 is 5.32 Å². The molecule has 0 radical (unpaired) electrons. The molecule has 1 aromatic rings. The highest BCUT2D eigenvalue weighted by Crippen LogP contribution is 2.28. The van der Waals surface area contributed by atoms with Crippen LogP contribution in [0.15, 0.2) is 28.7 Å². The maximum absolute atomic E-state index is 5.64.